The maximum Gasteiger partial charge on any atom is 0.338 e. The Morgan fingerprint density at radius 1 is 0.333 bits per heavy atom. The number of aliphatic hydroxyl groups excluding tert-OH is 12. The Morgan fingerprint density at radius 3 is 0.926 bits per heavy atom. The molecule has 4 aliphatic heterocycles. The largest absolute Gasteiger partial charge is 0.456 e. The van der Waals surface area contributed by atoms with Crippen molar-refractivity contribution in [3.05, 3.63) is 188 Å². The van der Waals surface area contributed by atoms with Crippen molar-refractivity contribution in [1.82, 2.24) is 0 Å². The Balaban J connectivity index is 0.000000318. The van der Waals surface area contributed by atoms with Gasteiger partial charge in [-0.25, -0.2) is 19.2 Å². The molecule has 0 radical (unpaired) electrons. The molecule has 4 heterocycles. The van der Waals surface area contributed by atoms with Crippen molar-refractivity contribution < 1.29 is 137 Å². The minimum Gasteiger partial charge on any atom is -0.456 e. The number of aliphatic hydroxyl groups is 12. The summed E-state index contributed by atoms with van der Waals surface area (Å²) in [5.41, 5.74) is 7.64. The van der Waals surface area contributed by atoms with E-state index in [1.807, 2.05) is 195 Å². The molecule has 12 N–H and O–H groups in total. The lowest BCUT2D eigenvalue weighted by Gasteiger charge is -2.35. The normalized spacial score (nSPS) is 29.3. The van der Waals surface area contributed by atoms with Crippen molar-refractivity contribution in [2.24, 2.45) is 23.7 Å². The van der Waals surface area contributed by atoms with Crippen LogP contribution in [0.5, 0.6) is 0 Å². The van der Waals surface area contributed by atoms with Crippen molar-refractivity contribution >= 4 is 29.7 Å². The van der Waals surface area contributed by atoms with Crippen molar-refractivity contribution in [3.8, 4) is 0 Å². The van der Waals surface area contributed by atoms with E-state index in [-0.39, 0.29) is 93.8 Å². The SMILES string of the molecule is CC[C@H](/C=C(/C)[C@@H]1CC(=O)C[C@H](O)C(C)(C)c2cccc(c2)C[C@@H](O)[C@H](O)C(=O)O1)CO.CC[C@H](/C=C(/C)[C@@H]1C[C@@H](OC)C[C@H](O)C(C)(C)c2cccc(c2)C[C@@H](O)[C@H](OC)C(=O)O1)CO.CC[C@H](/C=C(/C)[C@@H]1C[C@@H](OC)C[C@H](O)C(C)(C)c2cccc(c2)C[C@@H](OC)[C@H](O)C(=O)O1)CO.CC[C@H](/C=C(/C)[C@@H]1C[C@@H](OC)C[C@H](O)C(C)(C)c2cccc(c2)C[C@@H](OC)[C@H](OC)C(=O)O1)CO. The summed E-state index contributed by atoms with van der Waals surface area (Å²) in [5.74, 6) is -3.60. The minimum atomic E-state index is -1.77. The molecule has 28 nitrogen and oxygen atoms in total. The highest BCUT2D eigenvalue weighted by molar-refractivity contribution is 5.82. The zero-order valence-corrected chi connectivity index (χ0v) is 84.4. The molecular formula is C107H164O28. The van der Waals surface area contributed by atoms with E-state index < -0.39 is 149 Å². The van der Waals surface area contributed by atoms with Gasteiger partial charge in [0.2, 0.25) is 0 Å². The highest BCUT2D eigenvalue weighted by Crippen LogP contribution is 2.39. The third kappa shape index (κ3) is 34.5. The molecule has 4 aromatic rings. The highest BCUT2D eigenvalue weighted by Gasteiger charge is 2.43. The van der Waals surface area contributed by atoms with E-state index in [2.05, 4.69) is 6.07 Å². The van der Waals surface area contributed by atoms with Crippen LogP contribution in [0.4, 0.5) is 0 Å². The van der Waals surface area contributed by atoms with Crippen LogP contribution in [-0.4, -0.2) is 283 Å². The van der Waals surface area contributed by atoms with E-state index in [1.165, 1.54) is 21.3 Å². The van der Waals surface area contributed by atoms with Crippen LogP contribution in [0.2, 0.25) is 0 Å². The van der Waals surface area contributed by atoms with E-state index >= 15 is 0 Å². The van der Waals surface area contributed by atoms with E-state index in [4.69, 9.17) is 52.1 Å². The first-order valence-corrected chi connectivity index (χ1v) is 47.8. The first-order chi connectivity index (χ1) is 63.7. The zero-order chi connectivity index (χ0) is 101. The molecule has 28 heteroatoms. The van der Waals surface area contributed by atoms with Gasteiger partial charge in [0.1, 0.15) is 30.2 Å². The van der Waals surface area contributed by atoms with Crippen molar-refractivity contribution in [3.63, 3.8) is 0 Å². The van der Waals surface area contributed by atoms with E-state index in [0.29, 0.717) is 68.9 Å². The maximum absolute atomic E-state index is 13.3. The predicted molar refractivity (Wildman–Crippen MR) is 516 cm³/mol. The molecular weight excluding hydrogens is 1730 g/mol. The number of carbonyl (C=O) groups is 5. The molecule has 23 atom stereocenters. The van der Waals surface area contributed by atoms with Gasteiger partial charge in [-0.15, -0.1) is 0 Å². The Kier molecular flexibility index (Phi) is 49.7. The van der Waals surface area contributed by atoms with Gasteiger partial charge in [-0.1, -0.05) is 204 Å². The summed E-state index contributed by atoms with van der Waals surface area (Å²) in [6.45, 7) is 30.8. The molecule has 4 aliphatic rings. The summed E-state index contributed by atoms with van der Waals surface area (Å²) < 4.78 is 62.3. The molecule has 8 bridgehead atoms. The van der Waals surface area contributed by atoms with Gasteiger partial charge in [-0.2, -0.15) is 0 Å². The van der Waals surface area contributed by atoms with Crippen molar-refractivity contribution in [2.75, 3.05) is 76.2 Å². The number of ether oxygens (including phenoxy) is 11. The van der Waals surface area contributed by atoms with Gasteiger partial charge in [0.25, 0.3) is 0 Å². The zero-order valence-electron chi connectivity index (χ0n) is 84.4. The molecule has 0 saturated carbocycles. The Bertz CT molecular complexity index is 4380. The molecule has 0 unspecified atom stereocenters. The number of methoxy groups -OCH3 is 7. The Morgan fingerprint density at radius 2 is 0.615 bits per heavy atom. The highest BCUT2D eigenvalue weighted by atomic mass is 16.6. The van der Waals surface area contributed by atoms with Crippen molar-refractivity contribution in [1.29, 1.82) is 0 Å². The molecule has 0 fully saturated rings. The van der Waals surface area contributed by atoms with Gasteiger partial charge in [0.15, 0.2) is 24.4 Å². The summed E-state index contributed by atoms with van der Waals surface area (Å²) in [6, 6.07) is 30.7. The minimum absolute atomic E-state index is 0.00767. The number of esters is 4. The maximum atomic E-state index is 13.3. The van der Waals surface area contributed by atoms with Crippen LogP contribution in [0, 0.1) is 23.7 Å². The topological polar surface area (TPSA) is 430 Å². The number of rotatable bonds is 23. The monoisotopic (exact) mass is 1900 g/mol. The smallest absolute Gasteiger partial charge is 0.338 e. The van der Waals surface area contributed by atoms with E-state index in [9.17, 15) is 85.3 Å². The number of carbonyl (C=O) groups excluding carboxylic acids is 5. The van der Waals surface area contributed by atoms with Gasteiger partial charge in [-0.3, -0.25) is 4.79 Å². The molecule has 760 valence electrons. The molecule has 0 aromatic heterocycles. The lowest BCUT2D eigenvalue weighted by atomic mass is 9.76. The molecule has 8 rings (SSSR count). The third-order valence-corrected chi connectivity index (χ3v) is 28.1. The van der Waals surface area contributed by atoms with Gasteiger partial charge in [0.05, 0.1) is 67.1 Å². The molecule has 135 heavy (non-hydrogen) atoms. The standard InChI is InChI=1S/C28H44O7.2C27H42O7.C25H36O7/c1-8-19(17-29)12-18(2)23-15-22(32-5)16-25(30)28(3,4)21-11-9-10-20(13-21)14-24(33-6)26(34-7)27(31)35-23;1-7-18(16-28)11-17(2)22-14-21(32-5)15-24(29)27(3,4)20-10-8-9-19(12-20)13-23(33-6)25(30)26(31)34-22;1-7-18(16-28)11-17(2)23-14-21(32-5)15-24(30)27(3,4)20-10-8-9-19(12-20)13-22(29)25(33-6)26(31)34-23;1-5-16(14-26)9-15(2)21-12-19(27)13-22(29)25(3,4)18-8-6-7-17(10-18)11-20(28)23(30)24(31)32-21/h9-13,19,22-26,29-30H,8,14-17H2,1-7H3;2*8-12,18,21-25,28-30H,7,13-16H2,1-6H3;6-10,16,20-23,26,28-30H,5,11-14H2,1-4H3/b18-12-;2*17-11-;15-9-/t19-,22-,23+,24-,25+,26+;18-,21-,22+,23-,24+,25+;18-,21-,22-,23+,24+,25+;16-,20-,21+,22+,23+/m1111/s1. The second-order valence-electron chi connectivity index (χ2n) is 39.1. The molecule has 0 amide bonds. The second-order valence-corrected chi connectivity index (χ2v) is 39.1. The number of hydrogen-bond acceptors (Lipinski definition) is 28. The Hall–Kier alpha value is -7.37. The molecule has 4 aromatic carbocycles. The number of hydrogen-bond donors (Lipinski definition) is 12. The fraction of sp³-hybridized carbons (Fsp3) is 0.654. The van der Waals surface area contributed by atoms with Crippen LogP contribution in [-0.2, 0) is 123 Å². The third-order valence-electron chi connectivity index (χ3n) is 28.1. The fourth-order valence-corrected chi connectivity index (χ4v) is 17.3. The van der Waals surface area contributed by atoms with Crippen LogP contribution in [0.3, 0.4) is 0 Å². The second kappa shape index (κ2) is 56.8. The van der Waals surface area contributed by atoms with Gasteiger partial charge < -0.3 is 113 Å². The van der Waals surface area contributed by atoms with Gasteiger partial charge in [-0.05, 0) is 120 Å². The van der Waals surface area contributed by atoms with Gasteiger partial charge >= 0.3 is 23.9 Å². The first kappa shape index (κ1) is 118. The summed E-state index contributed by atoms with van der Waals surface area (Å²) in [7, 11) is 10.6. The fourth-order valence-electron chi connectivity index (χ4n) is 17.3. The van der Waals surface area contributed by atoms with Crippen LogP contribution in [0.15, 0.2) is 144 Å². The summed E-state index contributed by atoms with van der Waals surface area (Å²) in [5, 5.41) is 125. The average Bonchev–Trinajstić information content (AvgIpc) is 0.816. The summed E-state index contributed by atoms with van der Waals surface area (Å²) in [4.78, 5) is 64.7. The van der Waals surface area contributed by atoms with Crippen LogP contribution in [0.1, 0.15) is 232 Å². The lowest BCUT2D eigenvalue weighted by Crippen LogP contribution is -2.43. The molecule has 0 saturated heterocycles. The summed E-state index contributed by atoms with van der Waals surface area (Å²) in [6.07, 6.45) is -3.06. The van der Waals surface area contributed by atoms with E-state index in [1.54, 1.807) is 59.6 Å². The number of fused-ring (bicyclic) bond motifs is 8. The van der Waals surface area contributed by atoms with Crippen molar-refractivity contribution in [2.45, 2.75) is 351 Å². The Labute approximate surface area is 802 Å². The number of Topliss-reactive ketones (excluding diaryl/α,β-unsaturated/α-hetero) is 1. The number of benzene rings is 4. The number of cyclic esters (lactones) is 4. The first-order valence-electron chi connectivity index (χ1n) is 47.8. The molecule has 0 spiro atoms. The van der Waals surface area contributed by atoms with Crippen LogP contribution in [0.25, 0.3) is 0 Å². The lowest BCUT2D eigenvalue weighted by molar-refractivity contribution is -0.169. The van der Waals surface area contributed by atoms with E-state index in [0.717, 1.165) is 74.9 Å². The van der Waals surface area contributed by atoms with Crippen LogP contribution < -0.4 is 0 Å². The van der Waals surface area contributed by atoms with Gasteiger partial charge in [0, 0.05) is 199 Å². The number of ketones is 1. The molecule has 0 aliphatic carbocycles. The van der Waals surface area contributed by atoms with Crippen LogP contribution >= 0.6 is 0 Å². The predicted octanol–water partition coefficient (Wildman–Crippen LogP) is 11.3. The quantitative estimate of drug-likeness (QED) is 0.0186. The summed E-state index contributed by atoms with van der Waals surface area (Å²) >= 11 is 0. The average molecular weight is 1900 g/mol.